The van der Waals surface area contributed by atoms with Gasteiger partial charge in [-0.1, -0.05) is 0 Å². The number of nitrogens with one attached hydrogen (secondary N) is 1. The highest BCUT2D eigenvalue weighted by atomic mass is 32.1. The van der Waals surface area contributed by atoms with Gasteiger partial charge in [-0.15, -0.1) is 0 Å². The van der Waals surface area contributed by atoms with Gasteiger partial charge in [-0.05, 0) is 68.0 Å². The molecule has 108 valence electrons. The first-order valence-corrected chi connectivity index (χ1v) is 7.15. The molecular weight excluding hydrogens is 287 g/mol. The molecule has 0 radical (unpaired) electrons. The maximum absolute atomic E-state index is 13.6. The van der Waals surface area contributed by atoms with E-state index in [0.717, 1.165) is 17.0 Å². The number of hydrogen-bond donors (Lipinski definition) is 1. The Balaban J connectivity index is 2.17. The molecule has 3 nitrogen and oxygen atoms in total. The summed E-state index contributed by atoms with van der Waals surface area (Å²) in [6, 6.07) is 10.9. The van der Waals surface area contributed by atoms with Gasteiger partial charge in [0.1, 0.15) is 11.6 Å². The number of imidazole rings is 1. The lowest BCUT2D eigenvalue weighted by Gasteiger charge is -2.07. The molecule has 1 N–H and O–H groups in total. The number of aryl methyl sites for hydroxylation is 1. The van der Waals surface area contributed by atoms with E-state index in [9.17, 15) is 4.39 Å². The molecule has 0 unspecified atom stereocenters. The van der Waals surface area contributed by atoms with Gasteiger partial charge in [0.15, 0.2) is 4.77 Å². The quantitative estimate of drug-likeness (QED) is 0.720. The Morgan fingerprint density at radius 2 is 1.95 bits per heavy atom. The zero-order valence-corrected chi connectivity index (χ0v) is 12.6. The number of hydrogen-bond acceptors (Lipinski definition) is 2. The lowest BCUT2D eigenvalue weighted by atomic mass is 10.2. The van der Waals surface area contributed by atoms with Crippen LogP contribution < -0.4 is 4.74 Å². The van der Waals surface area contributed by atoms with Crippen LogP contribution in [0.4, 0.5) is 4.39 Å². The summed E-state index contributed by atoms with van der Waals surface area (Å²) in [5, 5.41) is 0. The van der Waals surface area contributed by atoms with E-state index in [1.165, 1.54) is 6.07 Å². The van der Waals surface area contributed by atoms with E-state index in [1.54, 1.807) is 13.0 Å². The predicted molar refractivity (Wildman–Crippen MR) is 84.3 cm³/mol. The van der Waals surface area contributed by atoms with Crippen LogP contribution in [0.25, 0.3) is 16.7 Å². The number of H-pyrrole nitrogens is 1. The normalized spacial score (nSPS) is 11.0. The summed E-state index contributed by atoms with van der Waals surface area (Å²) in [5.41, 5.74) is 3.07. The van der Waals surface area contributed by atoms with E-state index >= 15 is 0 Å². The van der Waals surface area contributed by atoms with Crippen molar-refractivity contribution in [1.29, 1.82) is 0 Å². The molecule has 0 spiro atoms. The first kappa shape index (κ1) is 13.8. The molecule has 0 fully saturated rings. The molecule has 0 saturated heterocycles. The van der Waals surface area contributed by atoms with Crippen LogP contribution in [0.5, 0.6) is 5.75 Å². The fourth-order valence-corrected chi connectivity index (χ4v) is 2.66. The maximum atomic E-state index is 13.6. The van der Waals surface area contributed by atoms with Crippen molar-refractivity contribution in [1.82, 2.24) is 9.55 Å². The third kappa shape index (κ3) is 2.45. The monoisotopic (exact) mass is 302 g/mol. The number of rotatable bonds is 3. The van der Waals surface area contributed by atoms with Crippen LogP contribution in [0.1, 0.15) is 12.5 Å². The van der Waals surface area contributed by atoms with Gasteiger partial charge in [-0.3, -0.25) is 4.57 Å². The first-order chi connectivity index (χ1) is 10.1. The molecule has 3 rings (SSSR count). The van der Waals surface area contributed by atoms with Crippen molar-refractivity contribution in [2.24, 2.45) is 0 Å². The zero-order chi connectivity index (χ0) is 15.0. The number of halogens is 1. The van der Waals surface area contributed by atoms with E-state index in [4.69, 9.17) is 17.0 Å². The minimum Gasteiger partial charge on any atom is -0.494 e. The smallest absolute Gasteiger partial charge is 0.182 e. The van der Waals surface area contributed by atoms with Crippen molar-refractivity contribution in [3.63, 3.8) is 0 Å². The summed E-state index contributed by atoms with van der Waals surface area (Å²) in [7, 11) is 0. The van der Waals surface area contributed by atoms with E-state index < -0.39 is 0 Å². The molecule has 0 aliphatic carbocycles. The van der Waals surface area contributed by atoms with Gasteiger partial charge in [-0.2, -0.15) is 0 Å². The highest BCUT2D eigenvalue weighted by Crippen LogP contribution is 2.24. The second-order valence-electron chi connectivity index (χ2n) is 4.81. The largest absolute Gasteiger partial charge is 0.494 e. The summed E-state index contributed by atoms with van der Waals surface area (Å²) >= 11 is 5.36. The fourth-order valence-electron chi connectivity index (χ4n) is 2.35. The average Bonchev–Trinajstić information content (AvgIpc) is 2.76. The second kappa shape index (κ2) is 5.33. The van der Waals surface area contributed by atoms with Crippen molar-refractivity contribution < 1.29 is 9.13 Å². The molecular formula is C16H15FN2OS. The maximum Gasteiger partial charge on any atom is 0.182 e. The molecule has 2 aromatic carbocycles. The number of benzene rings is 2. The minimum absolute atomic E-state index is 0.238. The SMILES string of the molecule is CCOc1ccc(-n2c(=S)[nH]c3cc(F)c(C)cc32)cc1. The van der Waals surface area contributed by atoms with E-state index in [0.29, 0.717) is 22.5 Å². The van der Waals surface area contributed by atoms with E-state index in [1.807, 2.05) is 35.8 Å². The summed E-state index contributed by atoms with van der Waals surface area (Å²) in [6.45, 7) is 4.32. The van der Waals surface area contributed by atoms with Gasteiger partial charge in [0.2, 0.25) is 0 Å². The standard InChI is InChI=1S/C16H15FN2OS/c1-3-20-12-6-4-11(5-7-12)19-15-8-10(2)13(17)9-14(15)18-16(19)21/h4-9H,3H2,1-2H3,(H,18,21). The number of nitrogens with zero attached hydrogens (tertiary/aromatic N) is 1. The fraction of sp³-hybridized carbons (Fsp3) is 0.188. The van der Waals surface area contributed by atoms with Crippen LogP contribution in [-0.4, -0.2) is 16.2 Å². The number of ether oxygens (including phenoxy) is 1. The van der Waals surface area contributed by atoms with Gasteiger partial charge in [0.05, 0.1) is 17.6 Å². The molecule has 1 heterocycles. The molecule has 0 atom stereocenters. The highest BCUT2D eigenvalue weighted by molar-refractivity contribution is 7.71. The predicted octanol–water partition coefficient (Wildman–Crippen LogP) is 4.53. The lowest BCUT2D eigenvalue weighted by molar-refractivity contribution is 0.340. The lowest BCUT2D eigenvalue weighted by Crippen LogP contribution is -1.96. The Hall–Kier alpha value is -2.14. The second-order valence-corrected chi connectivity index (χ2v) is 5.20. The van der Waals surface area contributed by atoms with Crippen molar-refractivity contribution in [3.8, 4) is 11.4 Å². The molecule has 21 heavy (non-hydrogen) atoms. The van der Waals surface area contributed by atoms with Crippen molar-refractivity contribution in [2.75, 3.05) is 6.61 Å². The molecule has 1 aromatic heterocycles. The van der Waals surface area contributed by atoms with Crippen LogP contribution >= 0.6 is 12.2 Å². The average molecular weight is 302 g/mol. The first-order valence-electron chi connectivity index (χ1n) is 6.74. The van der Waals surface area contributed by atoms with Gasteiger partial charge in [0.25, 0.3) is 0 Å². The van der Waals surface area contributed by atoms with E-state index in [-0.39, 0.29) is 5.82 Å². The van der Waals surface area contributed by atoms with Crippen LogP contribution in [-0.2, 0) is 0 Å². The Morgan fingerprint density at radius 1 is 1.24 bits per heavy atom. The summed E-state index contributed by atoms with van der Waals surface area (Å²) in [4.78, 5) is 3.04. The molecule has 0 saturated carbocycles. The summed E-state index contributed by atoms with van der Waals surface area (Å²) in [6.07, 6.45) is 0. The summed E-state index contributed by atoms with van der Waals surface area (Å²) in [5.74, 6) is 0.576. The van der Waals surface area contributed by atoms with Crippen molar-refractivity contribution in [2.45, 2.75) is 13.8 Å². The molecule has 0 amide bonds. The molecule has 3 aromatic rings. The number of aromatic nitrogens is 2. The highest BCUT2D eigenvalue weighted by Gasteiger charge is 2.09. The van der Waals surface area contributed by atoms with Crippen molar-refractivity contribution in [3.05, 3.63) is 52.5 Å². The third-order valence-electron chi connectivity index (χ3n) is 3.37. The topological polar surface area (TPSA) is 29.9 Å². The molecule has 0 aliphatic rings. The van der Waals surface area contributed by atoms with Crippen LogP contribution in [0.15, 0.2) is 36.4 Å². The van der Waals surface area contributed by atoms with Crippen LogP contribution in [0.3, 0.4) is 0 Å². The molecule has 0 aliphatic heterocycles. The Bertz CT molecular complexity index is 849. The van der Waals surface area contributed by atoms with Crippen LogP contribution in [0, 0.1) is 17.5 Å². The Labute approximate surface area is 127 Å². The van der Waals surface area contributed by atoms with Crippen LogP contribution in [0.2, 0.25) is 0 Å². The van der Waals surface area contributed by atoms with Gasteiger partial charge in [-0.25, -0.2) is 4.39 Å². The Morgan fingerprint density at radius 3 is 2.62 bits per heavy atom. The van der Waals surface area contributed by atoms with Gasteiger partial charge >= 0.3 is 0 Å². The zero-order valence-electron chi connectivity index (χ0n) is 11.8. The van der Waals surface area contributed by atoms with E-state index in [2.05, 4.69) is 4.98 Å². The minimum atomic E-state index is -0.238. The van der Waals surface area contributed by atoms with Gasteiger partial charge in [0, 0.05) is 5.69 Å². The van der Waals surface area contributed by atoms with Crippen molar-refractivity contribution >= 4 is 23.3 Å². The third-order valence-corrected chi connectivity index (χ3v) is 3.65. The number of fused-ring (bicyclic) bond motifs is 1. The Kier molecular flexibility index (Phi) is 3.51. The summed E-state index contributed by atoms with van der Waals surface area (Å²) < 4.78 is 21.5. The number of aromatic amines is 1. The molecule has 5 heteroatoms. The van der Waals surface area contributed by atoms with Gasteiger partial charge < -0.3 is 9.72 Å². The molecule has 0 bridgehead atoms.